The van der Waals surface area contributed by atoms with Crippen molar-refractivity contribution in [3.05, 3.63) is 23.8 Å². The van der Waals surface area contributed by atoms with Crippen molar-refractivity contribution in [2.45, 2.75) is 38.6 Å². The van der Waals surface area contributed by atoms with Crippen LogP contribution in [0.2, 0.25) is 0 Å². The Hall–Kier alpha value is -1.22. The first-order valence-corrected chi connectivity index (χ1v) is 6.84. The average Bonchev–Trinajstić information content (AvgIpc) is 2.92. The third kappa shape index (κ3) is 3.16. The molecule has 0 saturated heterocycles. The van der Waals surface area contributed by atoms with E-state index in [2.05, 4.69) is 0 Å². The van der Waals surface area contributed by atoms with Crippen molar-refractivity contribution in [3.8, 4) is 11.5 Å². The minimum absolute atomic E-state index is 0.482. The SMILES string of the molecule is COc1cccc(CN)c1OCCC1CCCC1. The monoisotopic (exact) mass is 249 g/mol. The molecule has 0 heterocycles. The second kappa shape index (κ2) is 6.64. The van der Waals surface area contributed by atoms with E-state index < -0.39 is 0 Å². The highest BCUT2D eigenvalue weighted by Crippen LogP contribution is 2.32. The van der Waals surface area contributed by atoms with Crippen molar-refractivity contribution in [2.75, 3.05) is 13.7 Å². The molecule has 1 fully saturated rings. The van der Waals surface area contributed by atoms with E-state index in [1.807, 2.05) is 18.2 Å². The quantitative estimate of drug-likeness (QED) is 0.842. The van der Waals surface area contributed by atoms with Gasteiger partial charge in [0.1, 0.15) is 0 Å². The predicted octanol–water partition coefficient (Wildman–Crippen LogP) is 3.11. The summed E-state index contributed by atoms with van der Waals surface area (Å²) in [6.07, 6.45) is 6.63. The van der Waals surface area contributed by atoms with Gasteiger partial charge in [-0.1, -0.05) is 37.8 Å². The highest BCUT2D eigenvalue weighted by molar-refractivity contribution is 5.46. The molecule has 1 aliphatic rings. The molecule has 1 aromatic carbocycles. The maximum atomic E-state index is 5.91. The van der Waals surface area contributed by atoms with Crippen LogP contribution >= 0.6 is 0 Å². The molecule has 0 atom stereocenters. The lowest BCUT2D eigenvalue weighted by atomic mass is 10.1. The summed E-state index contributed by atoms with van der Waals surface area (Å²) in [5.74, 6) is 2.45. The summed E-state index contributed by atoms with van der Waals surface area (Å²) < 4.78 is 11.2. The highest BCUT2D eigenvalue weighted by atomic mass is 16.5. The maximum Gasteiger partial charge on any atom is 0.165 e. The van der Waals surface area contributed by atoms with Crippen molar-refractivity contribution >= 4 is 0 Å². The van der Waals surface area contributed by atoms with Gasteiger partial charge >= 0.3 is 0 Å². The maximum absolute atomic E-state index is 5.91. The molecule has 0 aliphatic heterocycles. The molecule has 1 aromatic rings. The van der Waals surface area contributed by atoms with Crippen molar-refractivity contribution in [1.82, 2.24) is 0 Å². The fraction of sp³-hybridized carbons (Fsp3) is 0.600. The van der Waals surface area contributed by atoms with Gasteiger partial charge in [0.05, 0.1) is 13.7 Å². The van der Waals surface area contributed by atoms with Gasteiger partial charge in [0.15, 0.2) is 11.5 Å². The van der Waals surface area contributed by atoms with Gasteiger partial charge in [-0.05, 0) is 18.4 Å². The predicted molar refractivity (Wildman–Crippen MR) is 73.0 cm³/mol. The Morgan fingerprint density at radius 1 is 1.28 bits per heavy atom. The van der Waals surface area contributed by atoms with E-state index in [-0.39, 0.29) is 0 Å². The standard InChI is InChI=1S/C15H23NO2/c1-17-14-8-4-7-13(11-16)15(14)18-10-9-12-5-2-3-6-12/h4,7-8,12H,2-3,5-6,9-11,16H2,1H3. The molecule has 0 unspecified atom stereocenters. The van der Waals surface area contributed by atoms with Gasteiger partial charge in [0.25, 0.3) is 0 Å². The van der Waals surface area contributed by atoms with Crippen LogP contribution in [-0.4, -0.2) is 13.7 Å². The topological polar surface area (TPSA) is 44.5 Å². The van der Waals surface area contributed by atoms with Crippen molar-refractivity contribution in [3.63, 3.8) is 0 Å². The van der Waals surface area contributed by atoms with Crippen LogP contribution in [0.25, 0.3) is 0 Å². The number of nitrogens with two attached hydrogens (primary N) is 1. The van der Waals surface area contributed by atoms with Gasteiger partial charge in [-0.25, -0.2) is 0 Å². The van der Waals surface area contributed by atoms with E-state index in [4.69, 9.17) is 15.2 Å². The first kappa shape index (κ1) is 13.2. The summed E-state index contributed by atoms with van der Waals surface area (Å²) in [7, 11) is 1.67. The molecule has 1 saturated carbocycles. The van der Waals surface area contributed by atoms with E-state index in [1.165, 1.54) is 25.7 Å². The van der Waals surface area contributed by atoms with Crippen LogP contribution in [0.1, 0.15) is 37.7 Å². The third-order valence-electron chi connectivity index (χ3n) is 3.75. The van der Waals surface area contributed by atoms with E-state index >= 15 is 0 Å². The Kier molecular flexibility index (Phi) is 4.88. The van der Waals surface area contributed by atoms with E-state index in [9.17, 15) is 0 Å². The zero-order chi connectivity index (χ0) is 12.8. The Labute approximate surface area is 109 Å². The second-order valence-corrected chi connectivity index (χ2v) is 4.94. The van der Waals surface area contributed by atoms with Gasteiger partial charge in [-0.3, -0.25) is 0 Å². The van der Waals surface area contributed by atoms with Crippen LogP contribution in [0.3, 0.4) is 0 Å². The van der Waals surface area contributed by atoms with E-state index in [0.29, 0.717) is 6.54 Å². The van der Waals surface area contributed by atoms with E-state index in [1.54, 1.807) is 7.11 Å². The number of methoxy groups -OCH3 is 1. The van der Waals surface area contributed by atoms with Gasteiger partial charge < -0.3 is 15.2 Å². The first-order valence-electron chi connectivity index (χ1n) is 6.84. The van der Waals surface area contributed by atoms with Crippen LogP contribution in [0.15, 0.2) is 18.2 Å². The molecule has 0 aromatic heterocycles. The molecule has 1 aliphatic carbocycles. The highest BCUT2D eigenvalue weighted by Gasteiger charge is 2.16. The van der Waals surface area contributed by atoms with Gasteiger partial charge in [-0.2, -0.15) is 0 Å². The Balaban J connectivity index is 1.94. The Morgan fingerprint density at radius 3 is 2.72 bits per heavy atom. The number of para-hydroxylation sites is 1. The molecule has 3 heteroatoms. The Bertz CT molecular complexity index is 351. The number of ether oxygens (including phenoxy) is 2. The summed E-state index contributed by atoms with van der Waals surface area (Å²) in [6, 6.07) is 5.86. The fourth-order valence-corrected chi connectivity index (χ4v) is 2.67. The second-order valence-electron chi connectivity index (χ2n) is 4.94. The third-order valence-corrected chi connectivity index (χ3v) is 3.75. The summed E-state index contributed by atoms with van der Waals surface area (Å²) >= 11 is 0. The van der Waals surface area contributed by atoms with Gasteiger partial charge in [-0.15, -0.1) is 0 Å². The summed E-state index contributed by atoms with van der Waals surface area (Å²) in [5, 5.41) is 0. The molecule has 18 heavy (non-hydrogen) atoms. The summed E-state index contributed by atoms with van der Waals surface area (Å²) in [4.78, 5) is 0. The number of rotatable bonds is 6. The molecular formula is C15H23NO2. The van der Waals surface area contributed by atoms with Crippen LogP contribution in [0.4, 0.5) is 0 Å². The molecule has 2 N–H and O–H groups in total. The molecule has 3 nitrogen and oxygen atoms in total. The zero-order valence-corrected chi connectivity index (χ0v) is 11.2. The van der Waals surface area contributed by atoms with Crippen molar-refractivity contribution in [2.24, 2.45) is 11.7 Å². The van der Waals surface area contributed by atoms with E-state index in [0.717, 1.165) is 36.0 Å². The van der Waals surface area contributed by atoms with Crippen LogP contribution in [0.5, 0.6) is 11.5 Å². The summed E-state index contributed by atoms with van der Waals surface area (Å²) in [5.41, 5.74) is 6.75. The minimum atomic E-state index is 0.482. The smallest absolute Gasteiger partial charge is 0.165 e. The lowest BCUT2D eigenvalue weighted by molar-refractivity contribution is 0.262. The fourth-order valence-electron chi connectivity index (χ4n) is 2.67. The van der Waals surface area contributed by atoms with Crippen LogP contribution in [-0.2, 0) is 6.54 Å². The number of benzene rings is 1. The number of hydrogen-bond acceptors (Lipinski definition) is 3. The van der Waals surface area contributed by atoms with Crippen molar-refractivity contribution < 1.29 is 9.47 Å². The normalized spacial score (nSPS) is 15.9. The molecule has 0 radical (unpaired) electrons. The minimum Gasteiger partial charge on any atom is -0.493 e. The summed E-state index contributed by atoms with van der Waals surface area (Å²) in [6.45, 7) is 1.24. The Morgan fingerprint density at radius 2 is 2.06 bits per heavy atom. The molecular weight excluding hydrogens is 226 g/mol. The largest absolute Gasteiger partial charge is 0.493 e. The first-order chi connectivity index (χ1) is 8.85. The average molecular weight is 249 g/mol. The van der Waals surface area contributed by atoms with Crippen molar-refractivity contribution in [1.29, 1.82) is 0 Å². The lowest BCUT2D eigenvalue weighted by Gasteiger charge is -2.15. The zero-order valence-electron chi connectivity index (χ0n) is 11.2. The molecule has 2 rings (SSSR count). The van der Waals surface area contributed by atoms with Crippen LogP contribution < -0.4 is 15.2 Å². The lowest BCUT2D eigenvalue weighted by Crippen LogP contribution is -2.08. The molecule has 0 bridgehead atoms. The molecule has 0 amide bonds. The van der Waals surface area contributed by atoms with Gasteiger partial charge in [0.2, 0.25) is 0 Å². The molecule has 100 valence electrons. The van der Waals surface area contributed by atoms with Crippen LogP contribution in [0, 0.1) is 5.92 Å². The number of hydrogen-bond donors (Lipinski definition) is 1. The molecule has 0 spiro atoms. The van der Waals surface area contributed by atoms with Gasteiger partial charge in [0, 0.05) is 12.1 Å².